The van der Waals surface area contributed by atoms with Crippen molar-refractivity contribution in [3.05, 3.63) is 132 Å². The van der Waals surface area contributed by atoms with Gasteiger partial charge in [0, 0.05) is 56.5 Å². The number of carbonyl (C=O) groups excluding carboxylic acids is 2. The predicted molar refractivity (Wildman–Crippen MR) is 177 cm³/mol. The second-order valence-corrected chi connectivity index (χ2v) is 11.2. The van der Waals surface area contributed by atoms with Crippen molar-refractivity contribution in [1.29, 1.82) is 0 Å². The van der Waals surface area contributed by atoms with Gasteiger partial charge in [0.25, 0.3) is 0 Å². The quantitative estimate of drug-likeness (QED) is 0.181. The molecule has 0 spiro atoms. The fourth-order valence-electron chi connectivity index (χ4n) is 5.33. The van der Waals surface area contributed by atoms with Crippen LogP contribution in [0.5, 0.6) is 5.75 Å². The number of carbonyl (C=O) groups is 2. The van der Waals surface area contributed by atoms with Crippen LogP contribution < -0.4 is 9.64 Å². The maximum atomic E-state index is 14.1. The van der Waals surface area contributed by atoms with Crippen molar-refractivity contribution in [2.45, 2.75) is 25.9 Å². The number of anilines is 1. The molecule has 0 aliphatic carbocycles. The second-order valence-electron chi connectivity index (χ2n) is 11.2. The fourth-order valence-corrected chi connectivity index (χ4v) is 5.33. The first-order valence-electron chi connectivity index (χ1n) is 14.9. The third-order valence-electron chi connectivity index (χ3n) is 7.91. The summed E-state index contributed by atoms with van der Waals surface area (Å²) in [5.41, 5.74) is 6.24. The van der Waals surface area contributed by atoms with Gasteiger partial charge in [0.05, 0.1) is 13.5 Å². The van der Waals surface area contributed by atoms with Gasteiger partial charge in [-0.2, -0.15) is 0 Å². The van der Waals surface area contributed by atoms with Crippen LogP contribution in [0.2, 0.25) is 0 Å². The van der Waals surface area contributed by atoms with E-state index in [1.54, 1.807) is 12.0 Å². The Morgan fingerprint density at radius 2 is 1.34 bits per heavy atom. The molecule has 7 heteroatoms. The number of hydrogen-bond acceptors (Lipinski definition) is 4. The summed E-state index contributed by atoms with van der Waals surface area (Å²) in [7, 11) is 5.64. The van der Waals surface area contributed by atoms with E-state index in [1.165, 1.54) is 0 Å². The Labute approximate surface area is 259 Å². The van der Waals surface area contributed by atoms with Crippen LogP contribution in [0.15, 0.2) is 109 Å². The number of fused-ring (bicyclic) bond motifs is 1. The first-order valence-corrected chi connectivity index (χ1v) is 14.9. The molecule has 2 amide bonds. The summed E-state index contributed by atoms with van der Waals surface area (Å²) in [6, 6.07) is 33.8. The molecule has 0 saturated carbocycles. The lowest BCUT2D eigenvalue weighted by molar-refractivity contribution is -0.141. The van der Waals surface area contributed by atoms with E-state index in [-0.39, 0.29) is 24.8 Å². The Bertz CT molecular complexity index is 1660. The molecule has 0 aliphatic rings. The van der Waals surface area contributed by atoms with Gasteiger partial charge < -0.3 is 24.4 Å². The third kappa shape index (κ3) is 7.86. The number of hydrogen-bond donors (Lipinski definition) is 1. The van der Waals surface area contributed by atoms with E-state index in [2.05, 4.69) is 46.3 Å². The highest BCUT2D eigenvalue weighted by atomic mass is 16.5. The van der Waals surface area contributed by atoms with Crippen molar-refractivity contribution in [3.8, 4) is 5.75 Å². The van der Waals surface area contributed by atoms with Gasteiger partial charge in [0.2, 0.25) is 11.8 Å². The van der Waals surface area contributed by atoms with Crippen molar-refractivity contribution in [2.24, 2.45) is 0 Å². The summed E-state index contributed by atoms with van der Waals surface area (Å²) < 4.78 is 5.27. The fraction of sp³-hybridized carbons (Fsp3) is 0.243. The normalized spacial score (nSPS) is 10.9. The average Bonchev–Trinajstić information content (AvgIpc) is 3.46. The minimum atomic E-state index is -0.0979. The average molecular weight is 589 g/mol. The number of para-hydroxylation sites is 1. The number of rotatable bonds is 13. The summed E-state index contributed by atoms with van der Waals surface area (Å²) in [5.74, 6) is 0.557. The molecule has 0 atom stereocenters. The van der Waals surface area contributed by atoms with Gasteiger partial charge in [-0.25, -0.2) is 0 Å². The highest BCUT2D eigenvalue weighted by Gasteiger charge is 2.23. The van der Waals surface area contributed by atoms with Crippen molar-refractivity contribution in [3.63, 3.8) is 0 Å². The highest BCUT2D eigenvalue weighted by Crippen LogP contribution is 2.20. The van der Waals surface area contributed by atoms with Crippen molar-refractivity contribution < 1.29 is 14.3 Å². The standard InChI is InChI=1S/C37H40N4O3/c1-39(2)32-17-13-30(14-18-32)25-40(22-21-31-24-38-35-12-8-7-11-34(31)35)37(43)27-41(26-29-9-5-4-6-10-29)36(42)23-28-15-19-33(44-3)20-16-28/h4-20,24,38H,21-23,25-27H2,1-3H3. The van der Waals surface area contributed by atoms with Crippen LogP contribution in [0.3, 0.4) is 0 Å². The van der Waals surface area contributed by atoms with E-state index < -0.39 is 0 Å². The van der Waals surface area contributed by atoms with Crippen LogP contribution in [-0.2, 0) is 35.5 Å². The molecule has 1 N–H and O–H groups in total. The first kappa shape index (κ1) is 30.4. The zero-order valence-corrected chi connectivity index (χ0v) is 25.7. The highest BCUT2D eigenvalue weighted by molar-refractivity contribution is 5.86. The molecule has 7 nitrogen and oxygen atoms in total. The summed E-state index contributed by atoms with van der Waals surface area (Å²) >= 11 is 0. The van der Waals surface area contributed by atoms with Crippen LogP contribution in [0, 0.1) is 0 Å². The van der Waals surface area contributed by atoms with Crippen LogP contribution in [0.25, 0.3) is 10.9 Å². The molecule has 0 aliphatic heterocycles. The number of methoxy groups -OCH3 is 1. The predicted octanol–water partition coefficient (Wildman–Crippen LogP) is 6.09. The molecular formula is C37H40N4O3. The number of aromatic nitrogens is 1. The minimum Gasteiger partial charge on any atom is -0.497 e. The maximum Gasteiger partial charge on any atom is 0.242 e. The van der Waals surface area contributed by atoms with E-state index in [1.807, 2.05) is 91.9 Å². The number of nitrogens with zero attached hydrogens (tertiary/aromatic N) is 3. The summed E-state index contributed by atoms with van der Waals surface area (Å²) in [6.07, 6.45) is 2.93. The molecule has 1 heterocycles. The Morgan fingerprint density at radius 1 is 0.705 bits per heavy atom. The molecule has 0 unspecified atom stereocenters. The number of benzene rings is 4. The van der Waals surface area contributed by atoms with Crippen LogP contribution in [-0.4, -0.2) is 60.9 Å². The molecule has 0 bridgehead atoms. The van der Waals surface area contributed by atoms with E-state index in [4.69, 9.17) is 4.74 Å². The lowest BCUT2D eigenvalue weighted by Gasteiger charge is -2.28. The van der Waals surface area contributed by atoms with Crippen LogP contribution in [0.4, 0.5) is 5.69 Å². The number of amides is 2. The third-order valence-corrected chi connectivity index (χ3v) is 7.91. The zero-order chi connectivity index (χ0) is 30.9. The first-order chi connectivity index (χ1) is 21.4. The van der Waals surface area contributed by atoms with E-state index in [0.717, 1.165) is 44.6 Å². The van der Waals surface area contributed by atoms with Gasteiger partial charge in [-0.3, -0.25) is 9.59 Å². The van der Waals surface area contributed by atoms with Gasteiger partial charge in [-0.1, -0.05) is 72.8 Å². The smallest absolute Gasteiger partial charge is 0.242 e. The number of aromatic amines is 1. The van der Waals surface area contributed by atoms with E-state index in [9.17, 15) is 9.59 Å². The van der Waals surface area contributed by atoms with Gasteiger partial charge in [-0.15, -0.1) is 0 Å². The lowest BCUT2D eigenvalue weighted by atomic mass is 10.1. The van der Waals surface area contributed by atoms with Gasteiger partial charge >= 0.3 is 0 Å². The Hall–Kier alpha value is -5.04. The Kier molecular flexibility index (Phi) is 9.97. The topological polar surface area (TPSA) is 68.9 Å². The molecule has 0 fully saturated rings. The molecule has 1 aromatic heterocycles. The summed E-state index contributed by atoms with van der Waals surface area (Å²) in [4.78, 5) is 36.7. The lowest BCUT2D eigenvalue weighted by Crippen LogP contribution is -2.43. The molecule has 0 radical (unpaired) electrons. The van der Waals surface area contributed by atoms with Crippen LogP contribution >= 0.6 is 0 Å². The van der Waals surface area contributed by atoms with Gasteiger partial charge in [0.1, 0.15) is 12.3 Å². The summed E-state index contributed by atoms with van der Waals surface area (Å²) in [6.45, 7) is 1.34. The second kappa shape index (κ2) is 14.4. The largest absolute Gasteiger partial charge is 0.497 e. The Balaban J connectivity index is 1.37. The zero-order valence-electron chi connectivity index (χ0n) is 25.7. The molecule has 5 aromatic rings. The molecule has 44 heavy (non-hydrogen) atoms. The summed E-state index contributed by atoms with van der Waals surface area (Å²) in [5, 5.41) is 1.16. The number of nitrogens with one attached hydrogen (secondary N) is 1. The number of ether oxygens (including phenoxy) is 1. The monoisotopic (exact) mass is 588 g/mol. The maximum absolute atomic E-state index is 14.1. The molecule has 226 valence electrons. The van der Waals surface area contributed by atoms with Crippen LogP contribution in [0.1, 0.15) is 22.3 Å². The van der Waals surface area contributed by atoms with Crippen molar-refractivity contribution in [1.82, 2.24) is 14.8 Å². The molecular weight excluding hydrogens is 548 g/mol. The van der Waals surface area contributed by atoms with Crippen molar-refractivity contribution in [2.75, 3.05) is 39.2 Å². The van der Waals surface area contributed by atoms with Gasteiger partial charge in [-0.05, 0) is 59.0 Å². The van der Waals surface area contributed by atoms with E-state index in [0.29, 0.717) is 26.1 Å². The molecule has 4 aromatic carbocycles. The van der Waals surface area contributed by atoms with Gasteiger partial charge in [0.15, 0.2) is 0 Å². The number of H-pyrrole nitrogens is 1. The molecule has 5 rings (SSSR count). The molecule has 0 saturated heterocycles. The Morgan fingerprint density at radius 3 is 2.05 bits per heavy atom. The van der Waals surface area contributed by atoms with Crippen molar-refractivity contribution >= 4 is 28.4 Å². The minimum absolute atomic E-state index is 0.00640. The SMILES string of the molecule is COc1ccc(CC(=O)N(CC(=O)N(CCc2c[nH]c3ccccc23)Cc2ccc(N(C)C)cc2)Cc2ccccc2)cc1. The van der Waals surface area contributed by atoms with E-state index >= 15 is 0 Å².